The predicted octanol–water partition coefficient (Wildman–Crippen LogP) is 2.89. The predicted molar refractivity (Wildman–Crippen MR) is 95.8 cm³/mol. The van der Waals surface area contributed by atoms with Crippen LogP contribution in [0.1, 0.15) is 18.2 Å². The van der Waals surface area contributed by atoms with Crippen LogP contribution in [0.5, 0.6) is 0 Å². The summed E-state index contributed by atoms with van der Waals surface area (Å²) < 4.78 is 10.5. The molecule has 0 aliphatic carbocycles. The number of carbonyl (C=O) groups excluding carboxylic acids is 2. The molecule has 0 radical (unpaired) electrons. The number of fused-ring (bicyclic) bond motifs is 2. The van der Waals surface area contributed by atoms with Crippen LogP contribution in [0.2, 0.25) is 0 Å². The van der Waals surface area contributed by atoms with Crippen LogP contribution in [0.25, 0.3) is 11.0 Å². The number of aromatic nitrogens is 1. The molecule has 0 bridgehead atoms. The molecular formula is C20H18N2O4. The molecule has 1 aromatic heterocycles. The first-order valence-electron chi connectivity index (χ1n) is 8.55. The number of anilines is 1. The van der Waals surface area contributed by atoms with Crippen molar-refractivity contribution in [2.24, 2.45) is 0 Å². The quantitative estimate of drug-likeness (QED) is 0.677. The second kappa shape index (κ2) is 6.63. The molecule has 2 aromatic carbocycles. The molecule has 0 fully saturated rings. The SMILES string of the molecule is C[C@@H](OC(=O)Cc1noc2ccccc12)C(=O)N1CCc2ccccc21. The van der Waals surface area contributed by atoms with Crippen LogP contribution in [-0.2, 0) is 27.2 Å². The van der Waals surface area contributed by atoms with Crippen molar-refractivity contribution < 1.29 is 18.8 Å². The third kappa shape index (κ3) is 2.94. The highest BCUT2D eigenvalue weighted by Crippen LogP contribution is 2.28. The van der Waals surface area contributed by atoms with E-state index in [0.717, 1.165) is 23.1 Å². The van der Waals surface area contributed by atoms with Gasteiger partial charge < -0.3 is 14.2 Å². The number of carbonyl (C=O) groups is 2. The number of para-hydroxylation sites is 2. The molecular weight excluding hydrogens is 332 g/mol. The molecule has 4 rings (SSSR count). The maximum absolute atomic E-state index is 12.7. The van der Waals surface area contributed by atoms with Crippen molar-refractivity contribution in [2.75, 3.05) is 11.4 Å². The van der Waals surface area contributed by atoms with Crippen LogP contribution in [0.3, 0.4) is 0 Å². The van der Waals surface area contributed by atoms with E-state index in [0.29, 0.717) is 17.8 Å². The standard InChI is InChI=1S/C20H18N2O4/c1-13(20(24)22-11-10-14-6-2-4-8-17(14)22)25-19(23)12-16-15-7-3-5-9-18(15)26-21-16/h2-9,13H,10-12H2,1H3/t13-/m1/s1. The summed E-state index contributed by atoms with van der Waals surface area (Å²) in [5, 5.41) is 4.70. The first-order valence-corrected chi connectivity index (χ1v) is 8.55. The van der Waals surface area contributed by atoms with Crippen LogP contribution in [-0.4, -0.2) is 29.7 Å². The number of hydrogen-bond donors (Lipinski definition) is 0. The largest absolute Gasteiger partial charge is 0.452 e. The molecule has 0 spiro atoms. The van der Waals surface area contributed by atoms with E-state index in [1.165, 1.54) is 0 Å². The molecule has 0 saturated heterocycles. The Morgan fingerprint density at radius 3 is 2.85 bits per heavy atom. The lowest BCUT2D eigenvalue weighted by Gasteiger charge is -2.21. The summed E-state index contributed by atoms with van der Waals surface area (Å²) in [6, 6.07) is 15.1. The van der Waals surface area contributed by atoms with Gasteiger partial charge in [0.25, 0.3) is 5.91 Å². The van der Waals surface area contributed by atoms with Crippen LogP contribution >= 0.6 is 0 Å². The van der Waals surface area contributed by atoms with Gasteiger partial charge in [-0.2, -0.15) is 0 Å². The average molecular weight is 350 g/mol. The van der Waals surface area contributed by atoms with Crippen molar-refractivity contribution in [3.8, 4) is 0 Å². The molecule has 0 N–H and O–H groups in total. The first kappa shape index (κ1) is 16.3. The number of esters is 1. The number of nitrogens with zero attached hydrogens (tertiary/aromatic N) is 2. The van der Waals surface area contributed by atoms with Gasteiger partial charge in [-0.05, 0) is 37.1 Å². The van der Waals surface area contributed by atoms with E-state index >= 15 is 0 Å². The fraction of sp³-hybridized carbons (Fsp3) is 0.250. The van der Waals surface area contributed by atoms with E-state index in [4.69, 9.17) is 9.26 Å². The van der Waals surface area contributed by atoms with Crippen LogP contribution in [0.4, 0.5) is 5.69 Å². The third-order valence-corrected chi connectivity index (χ3v) is 4.57. The van der Waals surface area contributed by atoms with E-state index in [9.17, 15) is 9.59 Å². The van der Waals surface area contributed by atoms with E-state index in [-0.39, 0.29) is 12.3 Å². The second-order valence-corrected chi connectivity index (χ2v) is 6.30. The molecule has 6 heteroatoms. The number of hydrogen-bond acceptors (Lipinski definition) is 5. The van der Waals surface area contributed by atoms with Crippen molar-refractivity contribution in [2.45, 2.75) is 25.9 Å². The van der Waals surface area contributed by atoms with Gasteiger partial charge in [0.05, 0.1) is 6.42 Å². The molecule has 3 aromatic rings. The lowest BCUT2D eigenvalue weighted by molar-refractivity contribution is -0.153. The Kier molecular flexibility index (Phi) is 4.16. The molecule has 132 valence electrons. The highest BCUT2D eigenvalue weighted by atomic mass is 16.5. The Bertz CT molecular complexity index is 979. The Labute approximate surface area is 150 Å². The van der Waals surface area contributed by atoms with Crippen LogP contribution < -0.4 is 4.90 Å². The number of amides is 1. The first-order chi connectivity index (χ1) is 12.6. The zero-order valence-corrected chi connectivity index (χ0v) is 14.3. The number of ether oxygens (including phenoxy) is 1. The average Bonchev–Trinajstić information content (AvgIpc) is 3.25. The molecule has 1 aliphatic rings. The second-order valence-electron chi connectivity index (χ2n) is 6.30. The molecule has 2 heterocycles. The molecule has 0 unspecified atom stereocenters. The maximum Gasteiger partial charge on any atom is 0.312 e. The maximum atomic E-state index is 12.7. The fourth-order valence-electron chi connectivity index (χ4n) is 3.28. The van der Waals surface area contributed by atoms with Gasteiger partial charge in [-0.25, -0.2) is 0 Å². The minimum Gasteiger partial charge on any atom is -0.452 e. The van der Waals surface area contributed by atoms with Gasteiger partial charge in [-0.1, -0.05) is 35.5 Å². The van der Waals surface area contributed by atoms with Crippen LogP contribution in [0.15, 0.2) is 53.1 Å². The Morgan fingerprint density at radius 2 is 1.96 bits per heavy atom. The molecule has 1 atom stereocenters. The normalized spacial score (nSPS) is 14.3. The van der Waals surface area contributed by atoms with Gasteiger partial charge in [0.15, 0.2) is 11.7 Å². The summed E-state index contributed by atoms with van der Waals surface area (Å²) in [4.78, 5) is 26.6. The van der Waals surface area contributed by atoms with Gasteiger partial charge >= 0.3 is 5.97 Å². The van der Waals surface area contributed by atoms with E-state index in [1.54, 1.807) is 17.9 Å². The molecule has 1 aliphatic heterocycles. The summed E-state index contributed by atoms with van der Waals surface area (Å²) >= 11 is 0. The molecule has 6 nitrogen and oxygen atoms in total. The van der Waals surface area contributed by atoms with Crippen molar-refractivity contribution in [1.29, 1.82) is 0 Å². The minimum atomic E-state index is -0.855. The van der Waals surface area contributed by atoms with Gasteiger partial charge in [0.2, 0.25) is 0 Å². The molecule has 0 saturated carbocycles. The summed E-state index contributed by atoms with van der Waals surface area (Å²) in [5.74, 6) is -0.717. The van der Waals surface area contributed by atoms with Gasteiger partial charge in [-0.3, -0.25) is 9.59 Å². The van der Waals surface area contributed by atoms with Crippen molar-refractivity contribution in [3.63, 3.8) is 0 Å². The highest BCUT2D eigenvalue weighted by Gasteiger charge is 2.30. The summed E-state index contributed by atoms with van der Waals surface area (Å²) in [6.07, 6.45) is -0.0783. The lowest BCUT2D eigenvalue weighted by Crippen LogP contribution is -2.39. The summed E-state index contributed by atoms with van der Waals surface area (Å²) in [7, 11) is 0. The van der Waals surface area contributed by atoms with Gasteiger partial charge in [-0.15, -0.1) is 0 Å². The minimum absolute atomic E-state index is 0.0365. The highest BCUT2D eigenvalue weighted by molar-refractivity contribution is 5.99. The van der Waals surface area contributed by atoms with E-state index in [2.05, 4.69) is 5.16 Å². The van der Waals surface area contributed by atoms with Crippen LogP contribution in [0, 0.1) is 0 Å². The lowest BCUT2D eigenvalue weighted by atomic mass is 10.2. The monoisotopic (exact) mass is 350 g/mol. The third-order valence-electron chi connectivity index (χ3n) is 4.57. The Morgan fingerprint density at radius 1 is 1.19 bits per heavy atom. The Balaban J connectivity index is 1.42. The van der Waals surface area contributed by atoms with Crippen molar-refractivity contribution in [1.82, 2.24) is 5.16 Å². The zero-order valence-electron chi connectivity index (χ0n) is 14.3. The van der Waals surface area contributed by atoms with E-state index < -0.39 is 12.1 Å². The topological polar surface area (TPSA) is 72.6 Å². The van der Waals surface area contributed by atoms with E-state index in [1.807, 2.05) is 42.5 Å². The zero-order chi connectivity index (χ0) is 18.1. The number of rotatable bonds is 4. The molecule has 26 heavy (non-hydrogen) atoms. The van der Waals surface area contributed by atoms with Gasteiger partial charge in [0.1, 0.15) is 5.69 Å². The van der Waals surface area contributed by atoms with Crippen molar-refractivity contribution >= 4 is 28.5 Å². The van der Waals surface area contributed by atoms with Crippen molar-refractivity contribution in [3.05, 3.63) is 59.8 Å². The Hall–Kier alpha value is -3.15. The smallest absolute Gasteiger partial charge is 0.312 e. The molecule has 1 amide bonds. The number of benzene rings is 2. The van der Waals surface area contributed by atoms with Gasteiger partial charge in [0, 0.05) is 17.6 Å². The summed E-state index contributed by atoms with van der Waals surface area (Å²) in [6.45, 7) is 2.20. The summed E-state index contributed by atoms with van der Waals surface area (Å²) in [5.41, 5.74) is 3.15. The fourth-order valence-corrected chi connectivity index (χ4v) is 3.28.